The van der Waals surface area contributed by atoms with Crippen molar-refractivity contribution in [3.63, 3.8) is 0 Å². The molecular formula is C13H24ClN3O. The second-order valence-corrected chi connectivity index (χ2v) is 5.41. The van der Waals surface area contributed by atoms with Crippen molar-refractivity contribution in [2.75, 3.05) is 6.54 Å². The Morgan fingerprint density at radius 1 is 1.44 bits per heavy atom. The Hall–Kier alpha value is -0.580. The fourth-order valence-electron chi connectivity index (χ4n) is 2.09. The molecule has 0 saturated heterocycles. The summed E-state index contributed by atoms with van der Waals surface area (Å²) in [7, 11) is 1.90. The Bertz CT molecular complexity index is 388. The fraction of sp³-hybridized carbons (Fsp3) is 0.769. The molecule has 0 aliphatic rings. The monoisotopic (exact) mass is 273 g/mol. The van der Waals surface area contributed by atoms with Gasteiger partial charge in [-0.3, -0.25) is 4.68 Å². The van der Waals surface area contributed by atoms with Gasteiger partial charge in [0, 0.05) is 20.1 Å². The second kappa shape index (κ2) is 6.55. The quantitative estimate of drug-likeness (QED) is 0.801. The highest BCUT2D eigenvalue weighted by atomic mass is 35.5. The van der Waals surface area contributed by atoms with Crippen molar-refractivity contribution >= 4 is 11.6 Å². The standard InChI is InChI=1S/C13H24ClN3O/c1-5-7-13(3,18)9-15-8-11-12(14)10(6-2)16-17(11)4/h15,18H,5-9H2,1-4H3. The number of nitrogens with one attached hydrogen (secondary N) is 1. The van der Waals surface area contributed by atoms with Crippen LogP contribution in [0.2, 0.25) is 5.02 Å². The predicted molar refractivity (Wildman–Crippen MR) is 74.8 cm³/mol. The topological polar surface area (TPSA) is 50.1 Å². The molecule has 0 aliphatic carbocycles. The van der Waals surface area contributed by atoms with Crippen molar-refractivity contribution in [2.45, 2.75) is 52.2 Å². The summed E-state index contributed by atoms with van der Waals surface area (Å²) >= 11 is 6.26. The number of aryl methyl sites for hydroxylation is 2. The maximum absolute atomic E-state index is 10.1. The van der Waals surface area contributed by atoms with Crippen LogP contribution in [0, 0.1) is 0 Å². The van der Waals surface area contributed by atoms with Gasteiger partial charge in [0.25, 0.3) is 0 Å². The van der Waals surface area contributed by atoms with Gasteiger partial charge < -0.3 is 10.4 Å². The Balaban J connectivity index is 2.56. The molecule has 104 valence electrons. The van der Waals surface area contributed by atoms with E-state index in [1.807, 2.05) is 25.6 Å². The van der Waals surface area contributed by atoms with Crippen molar-refractivity contribution in [1.29, 1.82) is 0 Å². The molecule has 1 atom stereocenters. The highest BCUT2D eigenvalue weighted by Gasteiger charge is 2.19. The number of aromatic nitrogens is 2. The van der Waals surface area contributed by atoms with Gasteiger partial charge in [0.15, 0.2) is 0 Å². The third-order valence-corrected chi connectivity index (χ3v) is 3.53. The average Bonchev–Trinajstić information content (AvgIpc) is 2.55. The minimum atomic E-state index is -0.659. The van der Waals surface area contributed by atoms with Crippen LogP contribution in [-0.4, -0.2) is 27.0 Å². The maximum atomic E-state index is 10.1. The molecule has 0 aliphatic heterocycles. The number of halogens is 1. The van der Waals surface area contributed by atoms with Gasteiger partial charge in [-0.1, -0.05) is 31.9 Å². The van der Waals surface area contributed by atoms with Crippen molar-refractivity contribution in [1.82, 2.24) is 15.1 Å². The van der Waals surface area contributed by atoms with Crippen LogP contribution < -0.4 is 5.32 Å². The number of rotatable bonds is 7. The molecule has 1 unspecified atom stereocenters. The zero-order valence-corrected chi connectivity index (χ0v) is 12.5. The van der Waals surface area contributed by atoms with Crippen molar-refractivity contribution < 1.29 is 5.11 Å². The summed E-state index contributed by atoms with van der Waals surface area (Å²) in [6.07, 6.45) is 2.60. The highest BCUT2D eigenvalue weighted by Crippen LogP contribution is 2.20. The van der Waals surface area contributed by atoms with Crippen molar-refractivity contribution in [2.24, 2.45) is 7.05 Å². The van der Waals surface area contributed by atoms with Crippen LogP contribution >= 0.6 is 11.6 Å². The van der Waals surface area contributed by atoms with E-state index >= 15 is 0 Å². The Morgan fingerprint density at radius 2 is 2.11 bits per heavy atom. The molecule has 0 bridgehead atoms. The van der Waals surface area contributed by atoms with E-state index in [1.165, 1.54) is 0 Å². The lowest BCUT2D eigenvalue weighted by Crippen LogP contribution is -2.37. The Morgan fingerprint density at radius 3 is 2.61 bits per heavy atom. The first-order chi connectivity index (χ1) is 8.41. The SMILES string of the molecule is CCCC(C)(O)CNCc1c(Cl)c(CC)nn1C. The van der Waals surface area contributed by atoms with E-state index in [1.54, 1.807) is 0 Å². The minimum Gasteiger partial charge on any atom is -0.389 e. The van der Waals surface area contributed by atoms with Crippen LogP contribution in [0.5, 0.6) is 0 Å². The normalized spacial score (nSPS) is 14.8. The van der Waals surface area contributed by atoms with Gasteiger partial charge in [0.1, 0.15) is 0 Å². The number of aliphatic hydroxyl groups is 1. The molecule has 1 rings (SSSR count). The molecule has 1 aromatic rings. The third kappa shape index (κ3) is 3.97. The highest BCUT2D eigenvalue weighted by molar-refractivity contribution is 6.31. The molecule has 0 amide bonds. The van der Waals surface area contributed by atoms with Gasteiger partial charge in [-0.15, -0.1) is 0 Å². The lowest BCUT2D eigenvalue weighted by atomic mass is 10.0. The Kier molecular flexibility index (Phi) is 5.63. The van der Waals surface area contributed by atoms with E-state index in [-0.39, 0.29) is 0 Å². The average molecular weight is 274 g/mol. The molecule has 0 saturated carbocycles. The first-order valence-electron chi connectivity index (χ1n) is 6.54. The maximum Gasteiger partial charge on any atom is 0.0863 e. The predicted octanol–water partition coefficient (Wildman–Crippen LogP) is 2.28. The van der Waals surface area contributed by atoms with Crippen molar-refractivity contribution in [3.05, 3.63) is 16.4 Å². The van der Waals surface area contributed by atoms with Crippen LogP contribution in [0.1, 0.15) is 45.0 Å². The van der Waals surface area contributed by atoms with Crippen LogP contribution in [0.3, 0.4) is 0 Å². The second-order valence-electron chi connectivity index (χ2n) is 5.04. The smallest absolute Gasteiger partial charge is 0.0863 e. The summed E-state index contributed by atoms with van der Waals surface area (Å²) in [6, 6.07) is 0. The van der Waals surface area contributed by atoms with Crippen LogP contribution in [0.4, 0.5) is 0 Å². The minimum absolute atomic E-state index is 0.559. The molecule has 18 heavy (non-hydrogen) atoms. The van der Waals surface area contributed by atoms with Gasteiger partial charge in [0.05, 0.1) is 22.0 Å². The van der Waals surface area contributed by atoms with Crippen LogP contribution in [0.25, 0.3) is 0 Å². The first-order valence-corrected chi connectivity index (χ1v) is 6.92. The molecule has 4 nitrogen and oxygen atoms in total. The summed E-state index contributed by atoms with van der Waals surface area (Å²) in [5, 5.41) is 18.4. The largest absolute Gasteiger partial charge is 0.389 e. The van der Waals surface area contributed by atoms with E-state index in [0.717, 1.165) is 35.7 Å². The molecule has 0 fully saturated rings. The van der Waals surface area contributed by atoms with E-state index in [2.05, 4.69) is 17.3 Å². The van der Waals surface area contributed by atoms with Gasteiger partial charge in [-0.25, -0.2) is 0 Å². The van der Waals surface area contributed by atoms with E-state index in [4.69, 9.17) is 11.6 Å². The number of nitrogens with zero attached hydrogens (tertiary/aromatic N) is 2. The lowest BCUT2D eigenvalue weighted by molar-refractivity contribution is 0.0496. The van der Waals surface area contributed by atoms with Crippen molar-refractivity contribution in [3.8, 4) is 0 Å². The Labute approximate surface area is 114 Å². The fourth-order valence-corrected chi connectivity index (χ4v) is 2.45. The first kappa shape index (κ1) is 15.5. The molecule has 2 N–H and O–H groups in total. The van der Waals surface area contributed by atoms with Gasteiger partial charge in [-0.2, -0.15) is 5.10 Å². The van der Waals surface area contributed by atoms with Gasteiger partial charge >= 0.3 is 0 Å². The van der Waals surface area contributed by atoms with E-state index in [9.17, 15) is 5.11 Å². The van der Waals surface area contributed by atoms with Crippen LogP contribution in [0.15, 0.2) is 0 Å². The van der Waals surface area contributed by atoms with E-state index < -0.39 is 5.60 Å². The summed E-state index contributed by atoms with van der Waals surface area (Å²) in [5.74, 6) is 0. The van der Waals surface area contributed by atoms with Gasteiger partial charge in [0.2, 0.25) is 0 Å². The molecular weight excluding hydrogens is 250 g/mol. The molecule has 5 heteroatoms. The summed E-state index contributed by atoms with van der Waals surface area (Å²) in [5.41, 5.74) is 1.24. The molecule has 0 radical (unpaired) electrons. The summed E-state index contributed by atoms with van der Waals surface area (Å²) in [6.45, 7) is 7.15. The molecule has 1 aromatic heterocycles. The number of hydrogen-bond donors (Lipinski definition) is 2. The summed E-state index contributed by atoms with van der Waals surface area (Å²) in [4.78, 5) is 0. The lowest BCUT2D eigenvalue weighted by Gasteiger charge is -2.23. The molecule has 0 spiro atoms. The third-order valence-electron chi connectivity index (χ3n) is 3.09. The molecule has 0 aromatic carbocycles. The zero-order valence-electron chi connectivity index (χ0n) is 11.8. The van der Waals surface area contributed by atoms with Gasteiger partial charge in [-0.05, 0) is 19.8 Å². The van der Waals surface area contributed by atoms with E-state index in [0.29, 0.717) is 13.1 Å². The van der Waals surface area contributed by atoms with Crippen LogP contribution in [-0.2, 0) is 20.0 Å². The number of hydrogen-bond acceptors (Lipinski definition) is 3. The zero-order chi connectivity index (χ0) is 13.8. The molecule has 1 heterocycles. The summed E-state index contributed by atoms with van der Waals surface area (Å²) < 4.78 is 1.81.